The van der Waals surface area contributed by atoms with Gasteiger partial charge in [-0.15, -0.1) is 0 Å². The highest BCUT2D eigenvalue weighted by Crippen LogP contribution is 2.34. The first kappa shape index (κ1) is 23.4. The summed E-state index contributed by atoms with van der Waals surface area (Å²) in [6.45, 7) is -0.191. The summed E-state index contributed by atoms with van der Waals surface area (Å²) in [6, 6.07) is 19.7. The van der Waals surface area contributed by atoms with E-state index in [2.05, 4.69) is 5.10 Å². The number of hydrazone groups is 1. The number of benzene rings is 3. The van der Waals surface area contributed by atoms with Crippen molar-refractivity contribution in [1.29, 1.82) is 0 Å². The van der Waals surface area contributed by atoms with Gasteiger partial charge in [0.25, 0.3) is 11.8 Å². The summed E-state index contributed by atoms with van der Waals surface area (Å²) in [5, 5.41) is 6.39. The molecule has 0 spiro atoms. The van der Waals surface area contributed by atoms with Gasteiger partial charge in [0, 0.05) is 29.6 Å². The molecule has 8 heteroatoms. The van der Waals surface area contributed by atoms with Crippen molar-refractivity contribution in [2.45, 2.75) is 12.5 Å². The molecule has 1 aliphatic heterocycles. The van der Waals surface area contributed by atoms with Gasteiger partial charge in [-0.3, -0.25) is 9.59 Å². The molecule has 0 fully saturated rings. The minimum atomic E-state index is -0.441. The lowest BCUT2D eigenvalue weighted by atomic mass is 9.98. The average molecular weight is 480 g/mol. The molecule has 0 radical (unpaired) electrons. The molecule has 1 heterocycles. The number of hydrogen-bond acceptors (Lipinski definition) is 4. The maximum absolute atomic E-state index is 14.4. The van der Waals surface area contributed by atoms with Crippen molar-refractivity contribution in [1.82, 2.24) is 9.91 Å². The van der Waals surface area contributed by atoms with Crippen LogP contribution in [0, 0.1) is 5.82 Å². The third-order valence-corrected chi connectivity index (χ3v) is 5.91. The molecular formula is C26H23ClFN3O3. The highest BCUT2D eigenvalue weighted by atomic mass is 35.5. The monoisotopic (exact) mass is 479 g/mol. The van der Waals surface area contributed by atoms with E-state index in [1.807, 2.05) is 12.1 Å². The second kappa shape index (κ2) is 10.1. The van der Waals surface area contributed by atoms with Gasteiger partial charge in [-0.2, -0.15) is 5.10 Å². The van der Waals surface area contributed by atoms with E-state index in [1.54, 1.807) is 68.8 Å². The van der Waals surface area contributed by atoms with Crippen LogP contribution in [0.4, 0.5) is 4.39 Å². The molecule has 1 aliphatic rings. The summed E-state index contributed by atoms with van der Waals surface area (Å²) >= 11 is 6.03. The van der Waals surface area contributed by atoms with Gasteiger partial charge in [0.15, 0.2) is 0 Å². The predicted octanol–water partition coefficient (Wildman–Crippen LogP) is 4.94. The van der Waals surface area contributed by atoms with Gasteiger partial charge in [0.2, 0.25) is 0 Å². The fourth-order valence-corrected chi connectivity index (χ4v) is 3.97. The number of likely N-dealkylation sites (N-methyl/N-ethyl adjacent to an activating group) is 1. The highest BCUT2D eigenvalue weighted by Gasteiger charge is 2.34. The minimum absolute atomic E-state index is 0.191. The van der Waals surface area contributed by atoms with Gasteiger partial charge in [-0.05, 0) is 48.0 Å². The number of halogens is 2. The summed E-state index contributed by atoms with van der Waals surface area (Å²) in [5.74, 6) is -0.461. The number of carbonyl (C=O) groups excluding carboxylic acids is 2. The van der Waals surface area contributed by atoms with Crippen LogP contribution in [0.2, 0.25) is 5.02 Å². The van der Waals surface area contributed by atoms with E-state index >= 15 is 0 Å². The van der Waals surface area contributed by atoms with Crippen LogP contribution in [0.15, 0.2) is 77.9 Å². The van der Waals surface area contributed by atoms with E-state index in [4.69, 9.17) is 16.3 Å². The van der Waals surface area contributed by atoms with Crippen LogP contribution < -0.4 is 4.74 Å². The van der Waals surface area contributed by atoms with Gasteiger partial charge in [0.05, 0.1) is 18.9 Å². The zero-order valence-electron chi connectivity index (χ0n) is 18.7. The van der Waals surface area contributed by atoms with Crippen molar-refractivity contribution in [3.63, 3.8) is 0 Å². The second-order valence-electron chi connectivity index (χ2n) is 7.93. The molecule has 0 unspecified atom stereocenters. The van der Waals surface area contributed by atoms with Gasteiger partial charge >= 0.3 is 0 Å². The van der Waals surface area contributed by atoms with Gasteiger partial charge in [0.1, 0.15) is 18.1 Å². The Morgan fingerprint density at radius 2 is 1.76 bits per heavy atom. The first-order valence-corrected chi connectivity index (χ1v) is 11.0. The molecule has 4 rings (SSSR count). The lowest BCUT2D eigenvalue weighted by Gasteiger charge is -2.25. The molecule has 2 amide bonds. The Bertz CT molecular complexity index is 1230. The fourth-order valence-electron chi connectivity index (χ4n) is 3.84. The Labute approximate surface area is 202 Å². The number of rotatable bonds is 6. The summed E-state index contributed by atoms with van der Waals surface area (Å²) in [7, 11) is 3.10. The molecule has 0 saturated carbocycles. The van der Waals surface area contributed by atoms with Crippen molar-refractivity contribution in [3.8, 4) is 5.75 Å². The maximum Gasteiger partial charge on any atom is 0.262 e. The Morgan fingerprint density at radius 3 is 2.41 bits per heavy atom. The molecule has 0 saturated heterocycles. The number of methoxy groups -OCH3 is 1. The van der Waals surface area contributed by atoms with Crippen molar-refractivity contribution >= 4 is 29.1 Å². The summed E-state index contributed by atoms with van der Waals surface area (Å²) < 4.78 is 19.6. The number of ether oxygens (including phenoxy) is 1. The Balaban J connectivity index is 1.58. The standard InChI is InChI=1S/C26H23ClFN3O3/c1-30(26(33)18-9-13-20(34-2)14-10-18)16-25(32)31-24(17-7-11-19(27)12-8-17)15-23(29-31)21-5-3-4-6-22(21)28/h3-14,24H,15-16H2,1-2H3/t24-/m1/s1. The number of carbonyl (C=O) groups is 2. The number of nitrogens with zero attached hydrogens (tertiary/aromatic N) is 3. The maximum atomic E-state index is 14.4. The normalized spacial score (nSPS) is 15.1. The van der Waals surface area contributed by atoms with Gasteiger partial charge < -0.3 is 9.64 Å². The van der Waals surface area contributed by atoms with Crippen LogP contribution in [-0.2, 0) is 4.79 Å². The molecular weight excluding hydrogens is 457 g/mol. The lowest BCUT2D eigenvalue weighted by Crippen LogP contribution is -2.39. The van der Waals surface area contributed by atoms with Gasteiger partial charge in [-0.25, -0.2) is 9.40 Å². The van der Waals surface area contributed by atoms with Crippen LogP contribution >= 0.6 is 11.6 Å². The average Bonchev–Trinajstić information content (AvgIpc) is 3.29. The van der Waals surface area contributed by atoms with Crippen LogP contribution in [-0.4, -0.2) is 48.1 Å². The molecule has 3 aromatic rings. The zero-order chi connectivity index (χ0) is 24.2. The highest BCUT2D eigenvalue weighted by molar-refractivity contribution is 6.30. The quantitative estimate of drug-likeness (QED) is 0.503. The third kappa shape index (κ3) is 4.94. The predicted molar refractivity (Wildman–Crippen MR) is 129 cm³/mol. The Hall–Kier alpha value is -3.71. The van der Waals surface area contributed by atoms with Crippen LogP contribution in [0.3, 0.4) is 0 Å². The van der Waals surface area contributed by atoms with Crippen LogP contribution in [0.5, 0.6) is 5.75 Å². The summed E-state index contributed by atoms with van der Waals surface area (Å²) in [5.41, 5.74) is 2.06. The third-order valence-electron chi connectivity index (χ3n) is 5.66. The van der Waals surface area contributed by atoms with Crippen LogP contribution in [0.25, 0.3) is 0 Å². The number of hydrogen-bond donors (Lipinski definition) is 0. The molecule has 3 aromatic carbocycles. The molecule has 0 aromatic heterocycles. The summed E-state index contributed by atoms with van der Waals surface area (Å²) in [4.78, 5) is 27.5. The van der Waals surface area contributed by atoms with Crippen molar-refractivity contribution in [2.24, 2.45) is 5.10 Å². The molecule has 0 N–H and O–H groups in total. The minimum Gasteiger partial charge on any atom is -0.497 e. The largest absolute Gasteiger partial charge is 0.497 e. The van der Waals surface area contributed by atoms with E-state index < -0.39 is 11.9 Å². The summed E-state index contributed by atoms with van der Waals surface area (Å²) in [6.07, 6.45) is 0.338. The van der Waals surface area contributed by atoms with E-state index in [9.17, 15) is 14.0 Å². The Kier molecular flexibility index (Phi) is 6.93. The van der Waals surface area contributed by atoms with Crippen LogP contribution in [0.1, 0.15) is 33.9 Å². The first-order chi connectivity index (χ1) is 16.4. The molecule has 1 atom stereocenters. The van der Waals surface area contributed by atoms with E-state index in [0.717, 1.165) is 5.56 Å². The van der Waals surface area contributed by atoms with E-state index in [-0.39, 0.29) is 18.4 Å². The Morgan fingerprint density at radius 1 is 1.09 bits per heavy atom. The topological polar surface area (TPSA) is 62.2 Å². The van der Waals surface area contributed by atoms with Crippen molar-refractivity contribution in [3.05, 3.63) is 100 Å². The number of amides is 2. The molecule has 0 bridgehead atoms. The van der Waals surface area contributed by atoms with Crippen molar-refractivity contribution < 1.29 is 18.7 Å². The van der Waals surface area contributed by atoms with E-state index in [1.165, 1.54) is 16.0 Å². The SMILES string of the molecule is COc1ccc(C(=O)N(C)CC(=O)N2N=C(c3ccccc3F)C[C@@H]2c2ccc(Cl)cc2)cc1. The smallest absolute Gasteiger partial charge is 0.262 e. The molecule has 174 valence electrons. The molecule has 0 aliphatic carbocycles. The fraction of sp³-hybridized carbons (Fsp3) is 0.192. The van der Waals surface area contributed by atoms with E-state index in [0.29, 0.717) is 34.0 Å². The van der Waals surface area contributed by atoms with Crippen molar-refractivity contribution in [2.75, 3.05) is 20.7 Å². The second-order valence-corrected chi connectivity index (χ2v) is 8.36. The first-order valence-electron chi connectivity index (χ1n) is 10.7. The lowest BCUT2D eigenvalue weighted by molar-refractivity contribution is -0.133. The molecule has 34 heavy (non-hydrogen) atoms. The molecule has 6 nitrogen and oxygen atoms in total. The zero-order valence-corrected chi connectivity index (χ0v) is 19.5. The van der Waals surface area contributed by atoms with Gasteiger partial charge in [-0.1, -0.05) is 41.9 Å².